The molecule has 2 N–H and O–H groups in total. The number of primary amides is 1. The van der Waals surface area contributed by atoms with E-state index in [1.165, 1.54) is 6.92 Å². The standard InChI is InChI=1S/C15H18N2O4/c1-10(18)21-13-4-2-12(3-5-13)15(20)17-8-6-11(7-9-17)14(16)19/h2-5,11H,6-9H2,1H3,(H2,16,19). The van der Waals surface area contributed by atoms with Crippen molar-refractivity contribution in [1.29, 1.82) is 0 Å². The number of esters is 1. The van der Waals surface area contributed by atoms with Crippen LogP contribution >= 0.6 is 0 Å². The second-order valence-electron chi connectivity index (χ2n) is 5.09. The highest BCUT2D eigenvalue weighted by molar-refractivity contribution is 5.94. The minimum absolute atomic E-state index is 0.0905. The van der Waals surface area contributed by atoms with Gasteiger partial charge >= 0.3 is 5.97 Å². The Morgan fingerprint density at radius 1 is 1.14 bits per heavy atom. The lowest BCUT2D eigenvalue weighted by molar-refractivity contribution is -0.131. The molecule has 6 nitrogen and oxygen atoms in total. The van der Waals surface area contributed by atoms with Crippen molar-refractivity contribution in [2.24, 2.45) is 11.7 Å². The first-order valence-electron chi connectivity index (χ1n) is 6.84. The number of ether oxygens (including phenoxy) is 1. The Bertz CT molecular complexity index is 545. The van der Waals surface area contributed by atoms with Crippen LogP contribution in [0, 0.1) is 5.92 Å². The summed E-state index contributed by atoms with van der Waals surface area (Å²) in [5.74, 6) is -0.519. The first-order chi connectivity index (χ1) is 9.97. The molecule has 0 bridgehead atoms. The van der Waals surface area contributed by atoms with E-state index in [1.54, 1.807) is 29.2 Å². The van der Waals surface area contributed by atoms with E-state index < -0.39 is 5.97 Å². The predicted molar refractivity (Wildman–Crippen MR) is 75.6 cm³/mol. The summed E-state index contributed by atoms with van der Waals surface area (Å²) < 4.78 is 4.92. The zero-order chi connectivity index (χ0) is 15.4. The molecule has 0 atom stereocenters. The minimum atomic E-state index is -0.400. The molecular weight excluding hydrogens is 272 g/mol. The molecule has 0 aromatic heterocycles. The van der Waals surface area contributed by atoms with Crippen LogP contribution in [0.3, 0.4) is 0 Å². The third-order valence-electron chi connectivity index (χ3n) is 3.55. The van der Waals surface area contributed by atoms with Gasteiger partial charge in [0.2, 0.25) is 5.91 Å². The van der Waals surface area contributed by atoms with E-state index in [0.717, 1.165) is 0 Å². The molecule has 1 aliphatic rings. The average Bonchev–Trinajstić information content (AvgIpc) is 2.47. The number of rotatable bonds is 3. The van der Waals surface area contributed by atoms with Crippen molar-refractivity contribution in [2.75, 3.05) is 13.1 Å². The van der Waals surface area contributed by atoms with Crippen molar-refractivity contribution < 1.29 is 19.1 Å². The predicted octanol–water partition coefficient (Wildman–Crippen LogP) is 0.949. The average molecular weight is 290 g/mol. The van der Waals surface area contributed by atoms with Gasteiger partial charge in [0.25, 0.3) is 5.91 Å². The zero-order valence-electron chi connectivity index (χ0n) is 11.9. The van der Waals surface area contributed by atoms with Gasteiger partial charge in [-0.3, -0.25) is 14.4 Å². The van der Waals surface area contributed by atoms with Crippen molar-refractivity contribution in [3.8, 4) is 5.75 Å². The molecule has 1 aromatic rings. The van der Waals surface area contributed by atoms with Crippen molar-refractivity contribution in [2.45, 2.75) is 19.8 Å². The number of nitrogens with two attached hydrogens (primary N) is 1. The van der Waals surface area contributed by atoms with Gasteiger partial charge in [0.05, 0.1) is 0 Å². The van der Waals surface area contributed by atoms with Crippen LogP contribution in [0.5, 0.6) is 5.75 Å². The highest BCUT2D eigenvalue weighted by Gasteiger charge is 2.26. The number of nitrogens with zero attached hydrogens (tertiary/aromatic N) is 1. The number of piperidine rings is 1. The summed E-state index contributed by atoms with van der Waals surface area (Å²) in [5, 5.41) is 0. The number of amides is 2. The fourth-order valence-electron chi connectivity index (χ4n) is 2.38. The van der Waals surface area contributed by atoms with Crippen LogP contribution in [0.15, 0.2) is 24.3 Å². The van der Waals surface area contributed by atoms with Crippen LogP contribution in [0.25, 0.3) is 0 Å². The molecule has 112 valence electrons. The number of benzene rings is 1. The molecule has 1 heterocycles. The van der Waals surface area contributed by atoms with Gasteiger partial charge in [-0.25, -0.2) is 0 Å². The molecule has 1 aliphatic heterocycles. The van der Waals surface area contributed by atoms with E-state index in [-0.39, 0.29) is 17.7 Å². The Kier molecular flexibility index (Phi) is 4.57. The van der Waals surface area contributed by atoms with Crippen LogP contribution in [-0.4, -0.2) is 35.8 Å². The number of carbonyl (C=O) groups is 3. The third-order valence-corrected chi connectivity index (χ3v) is 3.55. The zero-order valence-corrected chi connectivity index (χ0v) is 11.9. The molecule has 6 heteroatoms. The molecule has 0 aliphatic carbocycles. The maximum absolute atomic E-state index is 12.3. The SMILES string of the molecule is CC(=O)Oc1ccc(C(=O)N2CCC(C(N)=O)CC2)cc1. The van der Waals surface area contributed by atoms with Crippen molar-refractivity contribution >= 4 is 17.8 Å². The van der Waals surface area contributed by atoms with Gasteiger partial charge < -0.3 is 15.4 Å². The van der Waals surface area contributed by atoms with E-state index in [4.69, 9.17) is 10.5 Å². The Morgan fingerprint density at radius 3 is 2.19 bits per heavy atom. The molecule has 0 unspecified atom stereocenters. The highest BCUT2D eigenvalue weighted by atomic mass is 16.5. The lowest BCUT2D eigenvalue weighted by Gasteiger charge is -2.30. The monoisotopic (exact) mass is 290 g/mol. The van der Waals surface area contributed by atoms with Crippen LogP contribution in [0.1, 0.15) is 30.1 Å². The molecule has 0 spiro atoms. The van der Waals surface area contributed by atoms with Gasteiger partial charge in [-0.15, -0.1) is 0 Å². The summed E-state index contributed by atoms with van der Waals surface area (Å²) in [7, 11) is 0. The molecule has 1 fully saturated rings. The summed E-state index contributed by atoms with van der Waals surface area (Å²) in [4.78, 5) is 36.0. The quantitative estimate of drug-likeness (QED) is 0.663. The fourth-order valence-corrected chi connectivity index (χ4v) is 2.38. The van der Waals surface area contributed by atoms with E-state index >= 15 is 0 Å². The fraction of sp³-hybridized carbons (Fsp3) is 0.400. The molecule has 1 saturated heterocycles. The van der Waals surface area contributed by atoms with E-state index in [2.05, 4.69) is 0 Å². The highest BCUT2D eigenvalue weighted by Crippen LogP contribution is 2.20. The molecule has 1 aromatic carbocycles. The molecule has 0 saturated carbocycles. The van der Waals surface area contributed by atoms with E-state index in [1.807, 2.05) is 0 Å². The van der Waals surface area contributed by atoms with Gasteiger partial charge in [0.15, 0.2) is 0 Å². The van der Waals surface area contributed by atoms with Crippen LogP contribution in [-0.2, 0) is 9.59 Å². The molecule has 2 rings (SSSR count). The smallest absolute Gasteiger partial charge is 0.308 e. The van der Waals surface area contributed by atoms with Gasteiger partial charge in [-0.05, 0) is 37.1 Å². The van der Waals surface area contributed by atoms with Gasteiger partial charge in [-0.2, -0.15) is 0 Å². The Balaban J connectivity index is 1.97. The van der Waals surface area contributed by atoms with E-state index in [9.17, 15) is 14.4 Å². The van der Waals surface area contributed by atoms with Crippen LogP contribution in [0.2, 0.25) is 0 Å². The Hall–Kier alpha value is -2.37. The number of likely N-dealkylation sites (tertiary alicyclic amines) is 1. The lowest BCUT2D eigenvalue weighted by atomic mass is 9.96. The Morgan fingerprint density at radius 2 is 1.71 bits per heavy atom. The summed E-state index contributed by atoms with van der Waals surface area (Å²) in [5.41, 5.74) is 5.80. The second kappa shape index (κ2) is 6.39. The number of carbonyl (C=O) groups excluding carboxylic acids is 3. The summed E-state index contributed by atoms with van der Waals surface area (Å²) >= 11 is 0. The maximum atomic E-state index is 12.3. The number of hydrogen-bond acceptors (Lipinski definition) is 4. The molecule has 21 heavy (non-hydrogen) atoms. The van der Waals surface area contributed by atoms with Crippen LogP contribution in [0.4, 0.5) is 0 Å². The molecule has 2 amide bonds. The normalized spacial score (nSPS) is 15.6. The first-order valence-corrected chi connectivity index (χ1v) is 6.84. The van der Waals surface area contributed by atoms with Crippen LogP contribution < -0.4 is 10.5 Å². The van der Waals surface area contributed by atoms with Crippen molar-refractivity contribution in [1.82, 2.24) is 4.90 Å². The summed E-state index contributed by atoms with van der Waals surface area (Å²) in [6.45, 7) is 2.37. The summed E-state index contributed by atoms with van der Waals surface area (Å²) in [6.07, 6.45) is 1.21. The Labute approximate surface area is 122 Å². The second-order valence-corrected chi connectivity index (χ2v) is 5.09. The van der Waals surface area contributed by atoms with Gasteiger partial charge in [0.1, 0.15) is 5.75 Å². The lowest BCUT2D eigenvalue weighted by Crippen LogP contribution is -2.41. The molecule has 0 radical (unpaired) electrons. The largest absolute Gasteiger partial charge is 0.427 e. The van der Waals surface area contributed by atoms with Crippen molar-refractivity contribution in [3.05, 3.63) is 29.8 Å². The minimum Gasteiger partial charge on any atom is -0.427 e. The topological polar surface area (TPSA) is 89.7 Å². The van der Waals surface area contributed by atoms with Gasteiger partial charge in [-0.1, -0.05) is 0 Å². The first kappa shape index (κ1) is 15.0. The number of hydrogen-bond donors (Lipinski definition) is 1. The molecular formula is C15H18N2O4. The third kappa shape index (κ3) is 3.81. The van der Waals surface area contributed by atoms with E-state index in [0.29, 0.717) is 37.2 Å². The summed E-state index contributed by atoms with van der Waals surface area (Å²) in [6, 6.07) is 6.43. The van der Waals surface area contributed by atoms with Crippen molar-refractivity contribution in [3.63, 3.8) is 0 Å². The van der Waals surface area contributed by atoms with Gasteiger partial charge in [0, 0.05) is 31.5 Å². The maximum Gasteiger partial charge on any atom is 0.308 e.